The molecule has 128 valence electrons. The number of piperidine rings is 1. The second kappa shape index (κ2) is 8.91. The average Bonchev–Trinajstić information content (AvgIpc) is 2.52. The Morgan fingerprint density at radius 3 is 2.57 bits per heavy atom. The van der Waals surface area contributed by atoms with Crippen LogP contribution in [-0.4, -0.2) is 29.1 Å². The maximum Gasteiger partial charge on any atom is 0.306 e. The summed E-state index contributed by atoms with van der Waals surface area (Å²) in [5, 5.41) is 10.6. The van der Waals surface area contributed by atoms with E-state index in [1.54, 1.807) is 0 Å². The first-order chi connectivity index (χ1) is 11.0. The highest BCUT2D eigenvalue weighted by Crippen LogP contribution is 2.30. The van der Waals surface area contributed by atoms with Crippen molar-refractivity contribution >= 4 is 29.2 Å². The fourth-order valence-electron chi connectivity index (χ4n) is 3.39. The first-order valence-corrected chi connectivity index (χ1v) is 9.16. The van der Waals surface area contributed by atoms with Crippen molar-refractivity contribution in [2.75, 3.05) is 13.1 Å². The lowest BCUT2D eigenvalue weighted by Gasteiger charge is -2.34. The van der Waals surface area contributed by atoms with Gasteiger partial charge in [-0.25, -0.2) is 0 Å². The monoisotopic (exact) mass is 357 g/mol. The number of hydrogen-bond acceptors (Lipinski definition) is 2. The van der Waals surface area contributed by atoms with Crippen molar-refractivity contribution in [2.24, 2.45) is 11.8 Å². The topological polar surface area (TPSA) is 40.5 Å². The lowest BCUT2D eigenvalue weighted by molar-refractivity contribution is -0.144. The van der Waals surface area contributed by atoms with Crippen molar-refractivity contribution < 1.29 is 9.90 Å². The van der Waals surface area contributed by atoms with Gasteiger partial charge >= 0.3 is 5.97 Å². The van der Waals surface area contributed by atoms with Gasteiger partial charge in [0.25, 0.3) is 0 Å². The Morgan fingerprint density at radius 2 is 2.00 bits per heavy atom. The molecular formula is C18H25Cl2NO2. The molecule has 5 heteroatoms. The predicted octanol–water partition coefficient (Wildman–Crippen LogP) is 5.10. The van der Waals surface area contributed by atoms with Gasteiger partial charge in [-0.1, -0.05) is 49.0 Å². The highest BCUT2D eigenvalue weighted by molar-refractivity contribution is 6.42. The summed E-state index contributed by atoms with van der Waals surface area (Å²) in [5.41, 5.74) is 1.15. The zero-order valence-corrected chi connectivity index (χ0v) is 15.1. The SMILES string of the molecule is CCCCC(C(=O)O)C1CCN(Cc2ccc(Cl)c(Cl)c2)CC1. The maximum absolute atomic E-state index is 11.5. The van der Waals surface area contributed by atoms with Crippen LogP contribution in [0.4, 0.5) is 0 Å². The van der Waals surface area contributed by atoms with E-state index in [1.807, 2.05) is 18.2 Å². The molecule has 2 rings (SSSR count). The molecule has 0 spiro atoms. The van der Waals surface area contributed by atoms with Gasteiger partial charge in [0.2, 0.25) is 0 Å². The molecule has 0 saturated carbocycles. The third kappa shape index (κ3) is 5.37. The van der Waals surface area contributed by atoms with Crippen LogP contribution >= 0.6 is 23.2 Å². The standard InChI is InChI=1S/C18H25Cl2NO2/c1-2-3-4-15(18(22)23)14-7-9-21(10-8-14)12-13-5-6-16(19)17(20)11-13/h5-6,11,14-15H,2-4,7-10,12H2,1H3,(H,22,23). The fraction of sp³-hybridized carbons (Fsp3) is 0.611. The molecule has 1 saturated heterocycles. The van der Waals surface area contributed by atoms with Crippen LogP contribution in [0.25, 0.3) is 0 Å². The summed E-state index contributed by atoms with van der Waals surface area (Å²) in [6.45, 7) is 4.84. The second-order valence-corrected chi connectivity index (χ2v) is 7.26. The molecule has 1 fully saturated rings. The number of likely N-dealkylation sites (tertiary alicyclic amines) is 1. The second-order valence-electron chi connectivity index (χ2n) is 6.45. The number of carboxylic acids is 1. The number of unbranched alkanes of at least 4 members (excludes halogenated alkanes) is 1. The number of aliphatic carboxylic acids is 1. The van der Waals surface area contributed by atoms with Crippen LogP contribution in [0.2, 0.25) is 10.0 Å². The molecule has 1 aliphatic heterocycles. The smallest absolute Gasteiger partial charge is 0.306 e. The molecule has 1 aromatic rings. The zero-order valence-electron chi connectivity index (χ0n) is 13.6. The Labute approximate surface area is 148 Å². The molecule has 1 N–H and O–H groups in total. The molecule has 0 aliphatic carbocycles. The van der Waals surface area contributed by atoms with E-state index in [2.05, 4.69) is 11.8 Å². The summed E-state index contributed by atoms with van der Waals surface area (Å²) in [6.07, 6.45) is 4.79. The molecule has 1 aliphatic rings. The Balaban J connectivity index is 1.87. The van der Waals surface area contributed by atoms with E-state index in [0.29, 0.717) is 16.0 Å². The minimum absolute atomic E-state index is 0.179. The van der Waals surface area contributed by atoms with E-state index < -0.39 is 5.97 Å². The fourth-order valence-corrected chi connectivity index (χ4v) is 3.72. The lowest BCUT2D eigenvalue weighted by Crippen LogP contribution is -2.37. The van der Waals surface area contributed by atoms with Gasteiger partial charge in [-0.3, -0.25) is 9.69 Å². The Bertz CT molecular complexity index is 528. The van der Waals surface area contributed by atoms with Gasteiger partial charge < -0.3 is 5.11 Å². The highest BCUT2D eigenvalue weighted by atomic mass is 35.5. The van der Waals surface area contributed by atoms with Crippen molar-refractivity contribution in [1.82, 2.24) is 4.90 Å². The summed E-state index contributed by atoms with van der Waals surface area (Å²) in [6, 6.07) is 5.75. The normalized spacial score (nSPS) is 18.0. The van der Waals surface area contributed by atoms with E-state index in [4.69, 9.17) is 23.2 Å². The van der Waals surface area contributed by atoms with Crippen LogP contribution < -0.4 is 0 Å². The van der Waals surface area contributed by atoms with Crippen LogP contribution in [0.3, 0.4) is 0 Å². The molecular weight excluding hydrogens is 333 g/mol. The third-order valence-corrected chi connectivity index (χ3v) is 5.52. The molecule has 3 nitrogen and oxygen atoms in total. The molecule has 0 amide bonds. The number of carbonyl (C=O) groups is 1. The minimum atomic E-state index is -0.624. The number of hydrogen-bond donors (Lipinski definition) is 1. The van der Waals surface area contributed by atoms with Gasteiger partial charge in [-0.2, -0.15) is 0 Å². The average molecular weight is 358 g/mol. The largest absolute Gasteiger partial charge is 0.481 e. The third-order valence-electron chi connectivity index (χ3n) is 4.78. The first-order valence-electron chi connectivity index (χ1n) is 8.40. The molecule has 1 heterocycles. The Kier molecular flexibility index (Phi) is 7.19. The van der Waals surface area contributed by atoms with Crippen molar-refractivity contribution in [1.29, 1.82) is 0 Å². The van der Waals surface area contributed by atoms with Crippen molar-refractivity contribution in [3.05, 3.63) is 33.8 Å². The number of halogens is 2. The van der Waals surface area contributed by atoms with E-state index in [9.17, 15) is 9.90 Å². The van der Waals surface area contributed by atoms with Crippen molar-refractivity contribution in [2.45, 2.75) is 45.6 Å². The summed E-state index contributed by atoms with van der Waals surface area (Å²) >= 11 is 12.0. The molecule has 1 unspecified atom stereocenters. The first kappa shape index (κ1) is 18.6. The van der Waals surface area contributed by atoms with Gasteiger partial charge in [-0.15, -0.1) is 0 Å². The highest BCUT2D eigenvalue weighted by Gasteiger charge is 2.30. The van der Waals surface area contributed by atoms with E-state index in [0.717, 1.165) is 57.3 Å². The number of benzene rings is 1. The van der Waals surface area contributed by atoms with E-state index in [-0.39, 0.29) is 5.92 Å². The summed E-state index contributed by atoms with van der Waals surface area (Å²) < 4.78 is 0. The van der Waals surface area contributed by atoms with E-state index in [1.165, 1.54) is 0 Å². The molecule has 0 bridgehead atoms. The lowest BCUT2D eigenvalue weighted by atomic mass is 9.81. The van der Waals surface area contributed by atoms with Crippen LogP contribution in [0.15, 0.2) is 18.2 Å². The zero-order chi connectivity index (χ0) is 16.8. The van der Waals surface area contributed by atoms with Gasteiger partial charge in [0.05, 0.1) is 16.0 Å². The van der Waals surface area contributed by atoms with E-state index >= 15 is 0 Å². The Hall–Kier alpha value is -0.770. The molecule has 0 aromatic heterocycles. The van der Waals surface area contributed by atoms with Gasteiger partial charge in [0.15, 0.2) is 0 Å². The van der Waals surface area contributed by atoms with Gasteiger partial charge in [0, 0.05) is 6.54 Å². The van der Waals surface area contributed by atoms with Gasteiger partial charge in [-0.05, 0) is 56.0 Å². The van der Waals surface area contributed by atoms with Gasteiger partial charge in [0.1, 0.15) is 0 Å². The number of carboxylic acid groups (broad SMARTS) is 1. The molecule has 0 radical (unpaired) electrons. The number of rotatable bonds is 7. The Morgan fingerprint density at radius 1 is 1.30 bits per heavy atom. The van der Waals surface area contributed by atoms with Crippen LogP contribution in [0.1, 0.15) is 44.6 Å². The maximum atomic E-state index is 11.5. The minimum Gasteiger partial charge on any atom is -0.481 e. The molecule has 23 heavy (non-hydrogen) atoms. The number of nitrogens with zero attached hydrogens (tertiary/aromatic N) is 1. The van der Waals surface area contributed by atoms with Crippen molar-refractivity contribution in [3.8, 4) is 0 Å². The summed E-state index contributed by atoms with van der Waals surface area (Å²) in [7, 11) is 0. The van der Waals surface area contributed by atoms with Crippen LogP contribution in [0, 0.1) is 11.8 Å². The van der Waals surface area contributed by atoms with Crippen LogP contribution in [-0.2, 0) is 11.3 Å². The predicted molar refractivity (Wildman–Crippen MR) is 95.1 cm³/mol. The quantitative estimate of drug-likeness (QED) is 0.738. The molecule has 1 aromatic carbocycles. The summed E-state index contributed by atoms with van der Waals surface area (Å²) in [5.74, 6) is -0.493. The van der Waals surface area contributed by atoms with Crippen LogP contribution in [0.5, 0.6) is 0 Å². The molecule has 1 atom stereocenters. The van der Waals surface area contributed by atoms with Crippen molar-refractivity contribution in [3.63, 3.8) is 0 Å². The summed E-state index contributed by atoms with van der Waals surface area (Å²) in [4.78, 5) is 13.9.